The summed E-state index contributed by atoms with van der Waals surface area (Å²) in [5, 5.41) is 0. The van der Waals surface area contributed by atoms with Gasteiger partial charge in [-0.3, -0.25) is 0 Å². The molecule has 0 aromatic heterocycles. The minimum Gasteiger partial charge on any atom is -0.203 e. The molecule has 0 fully saturated rings. The zero-order valence-corrected chi connectivity index (χ0v) is 9.95. The summed E-state index contributed by atoms with van der Waals surface area (Å²) in [4.78, 5) is 0. The molecule has 1 aliphatic rings. The molecular formula is C14H11F5. The molecule has 0 unspecified atom stereocenters. The van der Waals surface area contributed by atoms with Crippen LogP contribution in [0.3, 0.4) is 0 Å². The van der Waals surface area contributed by atoms with E-state index < -0.39 is 34.6 Å². The molecule has 1 aliphatic carbocycles. The average molecular weight is 274 g/mol. The van der Waals surface area contributed by atoms with Gasteiger partial charge in [0.2, 0.25) is 5.82 Å². The first-order chi connectivity index (χ1) is 9.04. The largest absolute Gasteiger partial charge is 0.203 e. The molecule has 1 aromatic rings. The number of allylic oxidation sites excluding steroid dienone is 4. The van der Waals surface area contributed by atoms with Gasteiger partial charge in [0.05, 0.1) is 5.56 Å². The number of hydrogen-bond donors (Lipinski definition) is 0. The topological polar surface area (TPSA) is 0 Å². The Kier molecular flexibility index (Phi) is 4.02. The van der Waals surface area contributed by atoms with Crippen LogP contribution in [-0.2, 0) is 0 Å². The number of rotatable bonds is 1. The summed E-state index contributed by atoms with van der Waals surface area (Å²) >= 11 is 0. The Hall–Kier alpha value is -1.65. The van der Waals surface area contributed by atoms with E-state index in [-0.39, 0.29) is 12.0 Å². The molecule has 0 saturated carbocycles. The predicted octanol–water partition coefficient (Wildman–Crippen LogP) is 4.90. The van der Waals surface area contributed by atoms with Crippen molar-refractivity contribution in [2.24, 2.45) is 0 Å². The molecule has 5 heteroatoms. The fourth-order valence-corrected chi connectivity index (χ4v) is 2.04. The summed E-state index contributed by atoms with van der Waals surface area (Å²) in [6.45, 7) is 0. The first-order valence-electron chi connectivity index (χ1n) is 5.90. The van der Waals surface area contributed by atoms with Crippen molar-refractivity contribution in [3.05, 3.63) is 52.9 Å². The van der Waals surface area contributed by atoms with Crippen LogP contribution in [0.15, 0.2) is 18.2 Å². The van der Waals surface area contributed by atoms with E-state index in [1.807, 2.05) is 12.2 Å². The highest BCUT2D eigenvalue weighted by atomic mass is 19.2. The fraction of sp³-hybridized carbons (Fsp3) is 0.286. The minimum absolute atomic E-state index is 0.164. The normalized spacial score (nSPS) is 15.9. The van der Waals surface area contributed by atoms with Crippen LogP contribution in [0.5, 0.6) is 0 Å². The van der Waals surface area contributed by atoms with E-state index in [1.165, 1.54) is 6.08 Å². The molecule has 19 heavy (non-hydrogen) atoms. The van der Waals surface area contributed by atoms with E-state index in [4.69, 9.17) is 0 Å². The van der Waals surface area contributed by atoms with E-state index in [0.29, 0.717) is 19.3 Å². The monoisotopic (exact) mass is 274 g/mol. The van der Waals surface area contributed by atoms with Crippen molar-refractivity contribution in [1.82, 2.24) is 0 Å². The zero-order valence-electron chi connectivity index (χ0n) is 9.95. The lowest BCUT2D eigenvalue weighted by Gasteiger charge is -2.12. The lowest BCUT2D eigenvalue weighted by Crippen LogP contribution is -2.07. The molecule has 102 valence electrons. The second-order valence-corrected chi connectivity index (χ2v) is 4.26. The van der Waals surface area contributed by atoms with E-state index in [2.05, 4.69) is 0 Å². The Labute approximate surface area is 107 Å². The lowest BCUT2D eigenvalue weighted by atomic mass is 9.96. The summed E-state index contributed by atoms with van der Waals surface area (Å²) in [6, 6.07) is 0. The van der Waals surface area contributed by atoms with E-state index >= 15 is 0 Å². The van der Waals surface area contributed by atoms with Gasteiger partial charge in [0.15, 0.2) is 23.3 Å². The van der Waals surface area contributed by atoms with Gasteiger partial charge in [-0.15, -0.1) is 0 Å². The quantitative estimate of drug-likeness (QED) is 0.296. The van der Waals surface area contributed by atoms with E-state index in [1.54, 1.807) is 0 Å². The molecule has 0 nitrogen and oxygen atoms in total. The third-order valence-corrected chi connectivity index (χ3v) is 3.00. The van der Waals surface area contributed by atoms with Crippen LogP contribution in [-0.4, -0.2) is 0 Å². The minimum atomic E-state index is -2.12. The standard InChI is InChI=1S/C14H11F5/c15-10-9(8-6-4-2-1-3-5-7-8)11(16)13(18)14(19)12(10)17/h1-2,7H,3-6H2. The van der Waals surface area contributed by atoms with Gasteiger partial charge in [0.1, 0.15) is 0 Å². The molecule has 2 rings (SSSR count). The van der Waals surface area contributed by atoms with Gasteiger partial charge in [0, 0.05) is 0 Å². The van der Waals surface area contributed by atoms with Crippen molar-refractivity contribution >= 4 is 5.57 Å². The zero-order chi connectivity index (χ0) is 14.0. The second kappa shape index (κ2) is 5.55. The summed E-state index contributed by atoms with van der Waals surface area (Å²) in [6.07, 6.45) is 7.22. The van der Waals surface area contributed by atoms with Crippen LogP contribution in [0.4, 0.5) is 22.0 Å². The lowest BCUT2D eigenvalue weighted by molar-refractivity contribution is 0.376. The molecule has 1 aromatic carbocycles. The Balaban J connectivity index is 2.55. The van der Waals surface area contributed by atoms with Gasteiger partial charge < -0.3 is 0 Å². The molecule has 0 aliphatic heterocycles. The first-order valence-corrected chi connectivity index (χ1v) is 5.90. The van der Waals surface area contributed by atoms with Crippen LogP contribution >= 0.6 is 0 Å². The van der Waals surface area contributed by atoms with Crippen molar-refractivity contribution in [2.45, 2.75) is 25.7 Å². The van der Waals surface area contributed by atoms with E-state index in [9.17, 15) is 22.0 Å². The highest BCUT2D eigenvalue weighted by molar-refractivity contribution is 5.67. The average Bonchev–Trinajstić information content (AvgIpc) is 2.36. The second-order valence-electron chi connectivity index (χ2n) is 4.26. The summed E-state index contributed by atoms with van der Waals surface area (Å²) < 4.78 is 66.5. The maximum Gasteiger partial charge on any atom is 0.200 e. The molecule has 0 spiro atoms. The Morgan fingerprint density at radius 1 is 0.632 bits per heavy atom. The van der Waals surface area contributed by atoms with Crippen LogP contribution in [0.2, 0.25) is 0 Å². The summed E-state index contributed by atoms with van der Waals surface area (Å²) in [5.74, 6) is -9.43. The SMILES string of the molecule is Fc1c(F)c(F)c(C2=CCCC=CCC2)c(F)c1F. The number of halogens is 5. The molecule has 0 N–H and O–H groups in total. The summed E-state index contributed by atoms with van der Waals surface area (Å²) in [5.41, 5.74) is -0.635. The van der Waals surface area contributed by atoms with Crippen LogP contribution in [0.25, 0.3) is 5.57 Å². The smallest absolute Gasteiger partial charge is 0.200 e. The highest BCUT2D eigenvalue weighted by Gasteiger charge is 2.27. The number of benzene rings is 1. The van der Waals surface area contributed by atoms with Crippen LogP contribution < -0.4 is 0 Å². The third kappa shape index (κ3) is 2.55. The molecule has 0 amide bonds. The Morgan fingerprint density at radius 2 is 1.16 bits per heavy atom. The van der Waals surface area contributed by atoms with Crippen molar-refractivity contribution < 1.29 is 22.0 Å². The fourth-order valence-electron chi connectivity index (χ4n) is 2.04. The first kappa shape index (κ1) is 13.8. The van der Waals surface area contributed by atoms with Crippen molar-refractivity contribution in [2.75, 3.05) is 0 Å². The van der Waals surface area contributed by atoms with E-state index in [0.717, 1.165) is 0 Å². The van der Waals surface area contributed by atoms with Crippen molar-refractivity contribution in [3.63, 3.8) is 0 Å². The molecule has 0 saturated heterocycles. The third-order valence-electron chi connectivity index (χ3n) is 3.00. The molecule has 0 bridgehead atoms. The van der Waals surface area contributed by atoms with Gasteiger partial charge in [-0.25, -0.2) is 22.0 Å². The molecule has 0 radical (unpaired) electrons. The molecule has 0 atom stereocenters. The maximum atomic E-state index is 13.6. The van der Waals surface area contributed by atoms with Gasteiger partial charge in [0.25, 0.3) is 0 Å². The van der Waals surface area contributed by atoms with Crippen LogP contribution in [0.1, 0.15) is 31.2 Å². The molecule has 0 heterocycles. The summed E-state index contributed by atoms with van der Waals surface area (Å²) in [7, 11) is 0. The Morgan fingerprint density at radius 3 is 1.79 bits per heavy atom. The van der Waals surface area contributed by atoms with Crippen molar-refractivity contribution in [1.29, 1.82) is 0 Å². The van der Waals surface area contributed by atoms with Gasteiger partial charge in [-0.1, -0.05) is 18.2 Å². The Bertz CT molecular complexity index is 528. The van der Waals surface area contributed by atoms with Gasteiger partial charge >= 0.3 is 0 Å². The molecular weight excluding hydrogens is 263 g/mol. The van der Waals surface area contributed by atoms with Crippen LogP contribution in [0, 0.1) is 29.1 Å². The van der Waals surface area contributed by atoms with Crippen molar-refractivity contribution in [3.8, 4) is 0 Å². The number of hydrogen-bond acceptors (Lipinski definition) is 0. The maximum absolute atomic E-state index is 13.6. The highest BCUT2D eigenvalue weighted by Crippen LogP contribution is 2.31. The predicted molar refractivity (Wildman–Crippen MR) is 61.8 cm³/mol. The van der Waals surface area contributed by atoms with Gasteiger partial charge in [-0.05, 0) is 31.3 Å². The van der Waals surface area contributed by atoms with Gasteiger partial charge in [-0.2, -0.15) is 0 Å².